The van der Waals surface area contributed by atoms with Crippen molar-refractivity contribution >= 4 is 5.97 Å². The number of rotatable bonds is 9. The fourth-order valence-electron chi connectivity index (χ4n) is 2.25. The van der Waals surface area contributed by atoms with Gasteiger partial charge in [0.25, 0.3) is 0 Å². The second kappa shape index (κ2) is 9.31. The number of ether oxygens (including phenoxy) is 1. The molecular weight excluding hydrogens is 649 g/mol. The third-order valence-corrected chi connectivity index (χ3v) is 4.54. The molecule has 0 aromatic rings. The monoisotopic (exact) mass is 654 g/mol. The summed E-state index contributed by atoms with van der Waals surface area (Å²) in [5, 5.41) is 0. The Hall–Kier alpha value is -2.40. The Morgan fingerprint density at radius 2 is 0.725 bits per heavy atom. The van der Waals surface area contributed by atoms with E-state index in [9.17, 15) is 106 Å². The summed E-state index contributed by atoms with van der Waals surface area (Å²) in [6.07, 6.45) is -25.2. The molecule has 0 aliphatic heterocycles. The average molecular weight is 654 g/mol. The Labute approximate surface area is 202 Å². The predicted molar refractivity (Wildman–Crippen MR) is 76.4 cm³/mol. The fourth-order valence-corrected chi connectivity index (χ4v) is 2.25. The molecule has 1 atom stereocenters. The van der Waals surface area contributed by atoms with Gasteiger partial charge in [0.15, 0.2) is 0 Å². The van der Waals surface area contributed by atoms with Gasteiger partial charge in [-0.2, -0.15) is 96.6 Å². The number of carbonyl (C=O) groups is 1. The van der Waals surface area contributed by atoms with Crippen LogP contribution in [0.25, 0.3) is 0 Å². The lowest BCUT2D eigenvalue weighted by Crippen LogP contribution is -2.80. The lowest BCUT2D eigenvalue weighted by atomic mass is 9.82. The van der Waals surface area contributed by atoms with Crippen LogP contribution < -0.4 is 0 Å². The van der Waals surface area contributed by atoms with Crippen LogP contribution in [0.5, 0.6) is 0 Å². The van der Waals surface area contributed by atoms with Gasteiger partial charge in [-0.1, -0.05) is 6.58 Å². The molecule has 0 fully saturated rings. The van der Waals surface area contributed by atoms with E-state index >= 15 is 0 Å². The lowest BCUT2D eigenvalue weighted by molar-refractivity contribution is -0.494. The standard InChI is InChI=1S/C15H5F23O2/c1-3(2)4(39)40-12(29,6(17,18)5(16,13(30,31)32)14(33,34)35)10(25,26)8(21,22)7(19,20)9(23,24)11(27,28)15(36,37)38/h1H2,2H3. The van der Waals surface area contributed by atoms with Crippen LogP contribution in [-0.4, -0.2) is 71.6 Å². The molecule has 0 aromatic carbocycles. The van der Waals surface area contributed by atoms with Crippen LogP contribution in [0.3, 0.4) is 0 Å². The molecule has 0 saturated heterocycles. The van der Waals surface area contributed by atoms with Crippen LogP contribution in [0.4, 0.5) is 101 Å². The summed E-state index contributed by atoms with van der Waals surface area (Å²) in [6.45, 7) is 2.01. The predicted octanol–water partition coefficient (Wildman–Crippen LogP) is 7.98. The molecule has 0 spiro atoms. The molecule has 0 rings (SSSR count). The van der Waals surface area contributed by atoms with Gasteiger partial charge in [-0.15, -0.1) is 0 Å². The van der Waals surface area contributed by atoms with Gasteiger partial charge in [0.1, 0.15) is 0 Å². The van der Waals surface area contributed by atoms with Crippen LogP contribution in [0, 0.1) is 0 Å². The Bertz CT molecular complexity index is 968. The average Bonchev–Trinajstić information content (AvgIpc) is 2.69. The van der Waals surface area contributed by atoms with E-state index in [1.165, 1.54) is 0 Å². The second-order valence-electron chi connectivity index (χ2n) is 7.36. The quantitative estimate of drug-likeness (QED) is 0.143. The molecule has 0 aliphatic carbocycles. The van der Waals surface area contributed by atoms with Gasteiger partial charge in [-0.05, 0) is 6.92 Å². The van der Waals surface area contributed by atoms with Crippen molar-refractivity contribution in [2.45, 2.75) is 72.5 Å². The number of hydrogen-bond acceptors (Lipinski definition) is 2. The molecule has 0 radical (unpaired) electrons. The maximum Gasteiger partial charge on any atom is 0.460 e. The molecule has 0 saturated carbocycles. The van der Waals surface area contributed by atoms with Crippen molar-refractivity contribution in [1.29, 1.82) is 0 Å². The highest BCUT2D eigenvalue weighted by Gasteiger charge is 3.00. The zero-order valence-corrected chi connectivity index (χ0v) is 17.7. The summed E-state index contributed by atoms with van der Waals surface area (Å²) in [6, 6.07) is 0. The molecule has 0 heterocycles. The highest BCUT2D eigenvalue weighted by atomic mass is 19.4. The van der Waals surface area contributed by atoms with Gasteiger partial charge < -0.3 is 4.74 Å². The van der Waals surface area contributed by atoms with Crippen molar-refractivity contribution in [3.05, 3.63) is 12.2 Å². The molecular formula is C15H5F23O2. The van der Waals surface area contributed by atoms with Crippen molar-refractivity contribution in [2.75, 3.05) is 0 Å². The topological polar surface area (TPSA) is 26.3 Å². The van der Waals surface area contributed by atoms with Crippen molar-refractivity contribution in [3.8, 4) is 0 Å². The molecule has 40 heavy (non-hydrogen) atoms. The van der Waals surface area contributed by atoms with Crippen LogP contribution >= 0.6 is 0 Å². The number of halogens is 23. The smallest absolute Gasteiger partial charge is 0.413 e. The SMILES string of the molecule is C=C(C)C(=O)OC(F)(C(F)(F)C(F)(F)C(F)(F)C(F)(F)C(F)(F)C(F)(F)F)C(F)(F)C(F)(C(F)(F)F)C(F)(F)F. The Balaban J connectivity index is 8.01. The lowest BCUT2D eigenvalue weighted by Gasteiger charge is -2.47. The van der Waals surface area contributed by atoms with Crippen LogP contribution in [0.2, 0.25) is 0 Å². The summed E-state index contributed by atoms with van der Waals surface area (Å²) >= 11 is 0. The Morgan fingerprint density at radius 3 is 0.975 bits per heavy atom. The molecule has 238 valence electrons. The van der Waals surface area contributed by atoms with Crippen molar-refractivity contribution in [3.63, 3.8) is 0 Å². The van der Waals surface area contributed by atoms with Crippen LogP contribution in [-0.2, 0) is 9.53 Å². The number of esters is 1. The van der Waals surface area contributed by atoms with Crippen molar-refractivity contribution in [2.24, 2.45) is 0 Å². The highest BCUT2D eigenvalue weighted by molar-refractivity contribution is 5.87. The van der Waals surface area contributed by atoms with Crippen molar-refractivity contribution < 1.29 is 111 Å². The maximum atomic E-state index is 14.8. The van der Waals surface area contributed by atoms with E-state index in [2.05, 4.69) is 6.58 Å². The molecule has 0 amide bonds. The molecule has 0 aromatic heterocycles. The molecule has 0 aliphatic rings. The first-order valence-corrected chi connectivity index (χ1v) is 8.56. The zero-order chi connectivity index (χ0) is 33.4. The first-order chi connectivity index (χ1) is 16.8. The normalized spacial score (nSPS) is 17.4. The Morgan fingerprint density at radius 1 is 0.450 bits per heavy atom. The van der Waals surface area contributed by atoms with Gasteiger partial charge in [0.2, 0.25) is 0 Å². The summed E-state index contributed by atoms with van der Waals surface area (Å²) in [7, 11) is 0. The van der Waals surface area contributed by atoms with Crippen LogP contribution in [0.15, 0.2) is 12.2 Å². The van der Waals surface area contributed by atoms with E-state index in [1.807, 2.05) is 4.74 Å². The van der Waals surface area contributed by atoms with E-state index in [4.69, 9.17) is 0 Å². The first kappa shape index (κ1) is 37.6. The van der Waals surface area contributed by atoms with E-state index in [1.54, 1.807) is 0 Å². The van der Waals surface area contributed by atoms with Crippen molar-refractivity contribution in [1.82, 2.24) is 0 Å². The molecule has 0 bridgehead atoms. The van der Waals surface area contributed by atoms with E-state index in [-0.39, 0.29) is 6.92 Å². The number of alkyl halides is 23. The van der Waals surface area contributed by atoms with Gasteiger partial charge in [0.05, 0.1) is 0 Å². The van der Waals surface area contributed by atoms with Crippen LogP contribution in [0.1, 0.15) is 6.92 Å². The third-order valence-electron chi connectivity index (χ3n) is 4.54. The second-order valence-corrected chi connectivity index (χ2v) is 7.36. The molecule has 0 N–H and O–H groups in total. The Kier molecular flexibility index (Phi) is 8.75. The minimum Gasteiger partial charge on any atom is -0.413 e. The van der Waals surface area contributed by atoms with E-state index in [0.717, 1.165) is 0 Å². The number of carbonyl (C=O) groups excluding carboxylic acids is 1. The third kappa shape index (κ3) is 4.57. The largest absolute Gasteiger partial charge is 0.460 e. The minimum atomic E-state index is -9.43. The van der Waals surface area contributed by atoms with Gasteiger partial charge in [-0.25, -0.2) is 9.18 Å². The van der Waals surface area contributed by atoms with Gasteiger partial charge in [-0.3, -0.25) is 0 Å². The van der Waals surface area contributed by atoms with Gasteiger partial charge in [0, 0.05) is 5.57 Å². The molecule has 1 unspecified atom stereocenters. The maximum absolute atomic E-state index is 14.8. The van der Waals surface area contributed by atoms with E-state index in [0.29, 0.717) is 0 Å². The summed E-state index contributed by atoms with van der Waals surface area (Å²) in [5.41, 5.74) is -11.0. The summed E-state index contributed by atoms with van der Waals surface area (Å²) < 4.78 is 307. The molecule has 2 nitrogen and oxygen atoms in total. The zero-order valence-electron chi connectivity index (χ0n) is 17.7. The molecule has 25 heteroatoms. The minimum absolute atomic E-state index is 0.111. The van der Waals surface area contributed by atoms with Gasteiger partial charge >= 0.3 is 71.6 Å². The first-order valence-electron chi connectivity index (χ1n) is 8.56. The summed E-state index contributed by atoms with van der Waals surface area (Å²) in [5.74, 6) is -67.6. The fraction of sp³-hybridized carbons (Fsp3) is 0.800. The summed E-state index contributed by atoms with van der Waals surface area (Å²) in [4.78, 5) is 11.2. The van der Waals surface area contributed by atoms with E-state index < -0.39 is 77.1 Å². The number of hydrogen-bond donors (Lipinski definition) is 0. The highest BCUT2D eigenvalue weighted by Crippen LogP contribution is 2.67.